The molecule has 0 fully saturated rings. The summed E-state index contributed by atoms with van der Waals surface area (Å²) in [6, 6.07) is 7.32. The molecule has 1 aromatic carbocycles. The van der Waals surface area contributed by atoms with Crippen LogP contribution in [-0.2, 0) is 11.3 Å². The Hall–Kier alpha value is -1.79. The van der Waals surface area contributed by atoms with E-state index in [4.69, 9.17) is 11.6 Å². The first-order valence-electron chi connectivity index (χ1n) is 5.46. The molecule has 1 aromatic heterocycles. The van der Waals surface area contributed by atoms with Crippen molar-refractivity contribution in [3.8, 4) is 0 Å². The van der Waals surface area contributed by atoms with Gasteiger partial charge in [-0.15, -0.1) is 11.3 Å². The highest BCUT2D eigenvalue weighted by Gasteiger charge is 2.01. The fraction of sp³-hybridized carbons (Fsp3) is 0.167. The fourth-order valence-electron chi connectivity index (χ4n) is 1.39. The van der Waals surface area contributed by atoms with Crippen LogP contribution in [-0.4, -0.2) is 18.2 Å². The number of benzene rings is 1. The minimum absolute atomic E-state index is 0.486. The molecule has 0 aliphatic rings. The highest BCUT2D eigenvalue weighted by Crippen LogP contribution is 2.20. The van der Waals surface area contributed by atoms with E-state index >= 15 is 0 Å². The zero-order valence-electron chi connectivity index (χ0n) is 10.1. The lowest BCUT2D eigenvalue weighted by atomic mass is 10.3. The summed E-state index contributed by atoms with van der Waals surface area (Å²) >= 11 is 7.19. The Morgan fingerprint density at radius 3 is 2.63 bits per heavy atom. The number of amides is 1. The topological polar surface area (TPSA) is 63.2 Å². The lowest BCUT2D eigenvalue weighted by Crippen LogP contribution is -2.10. The summed E-state index contributed by atoms with van der Waals surface area (Å²) in [4.78, 5) is 16.0. The molecule has 0 unspecified atom stereocenters. The number of carbonyl (C=O) groups excluding carboxylic acids is 1. The number of halogens is 1. The summed E-state index contributed by atoms with van der Waals surface area (Å²) in [5.41, 5.74) is 1.62. The second kappa shape index (κ2) is 6.40. The standard InChI is InChI=1S/C12H12ClN3O2S/c1-18-12(17)16-9-4-2-8(3-5-9)14-6-10-7-15-11(13)19-10/h2-5,7,14H,6H2,1H3,(H,16,17). The van der Waals surface area contributed by atoms with Gasteiger partial charge in [-0.1, -0.05) is 11.6 Å². The van der Waals surface area contributed by atoms with Gasteiger partial charge in [0.1, 0.15) is 0 Å². The van der Waals surface area contributed by atoms with Crippen LogP contribution in [0.15, 0.2) is 30.5 Å². The molecule has 0 spiro atoms. The average Bonchev–Trinajstić information content (AvgIpc) is 2.83. The highest BCUT2D eigenvalue weighted by molar-refractivity contribution is 7.15. The molecule has 0 atom stereocenters. The highest BCUT2D eigenvalue weighted by atomic mass is 35.5. The largest absolute Gasteiger partial charge is 0.453 e. The number of rotatable bonds is 4. The zero-order valence-corrected chi connectivity index (χ0v) is 11.7. The third kappa shape index (κ3) is 4.11. The van der Waals surface area contributed by atoms with E-state index < -0.39 is 6.09 Å². The van der Waals surface area contributed by atoms with Gasteiger partial charge < -0.3 is 10.1 Å². The molecular weight excluding hydrogens is 286 g/mol. The van der Waals surface area contributed by atoms with Crippen LogP contribution in [0, 0.1) is 0 Å². The summed E-state index contributed by atoms with van der Waals surface area (Å²) < 4.78 is 5.04. The first kappa shape index (κ1) is 13.6. The number of thiazole rings is 1. The maximum absolute atomic E-state index is 11.0. The van der Waals surface area contributed by atoms with Crippen molar-refractivity contribution in [3.05, 3.63) is 39.8 Å². The smallest absolute Gasteiger partial charge is 0.411 e. The van der Waals surface area contributed by atoms with E-state index in [1.54, 1.807) is 18.3 Å². The van der Waals surface area contributed by atoms with Crippen LogP contribution in [0.25, 0.3) is 0 Å². The van der Waals surface area contributed by atoms with Gasteiger partial charge in [0.05, 0.1) is 13.7 Å². The summed E-state index contributed by atoms with van der Waals surface area (Å²) in [5, 5.41) is 5.82. The van der Waals surface area contributed by atoms with Crippen LogP contribution in [0.3, 0.4) is 0 Å². The number of ether oxygens (including phenoxy) is 1. The van der Waals surface area contributed by atoms with Gasteiger partial charge in [-0.2, -0.15) is 0 Å². The molecule has 0 saturated carbocycles. The molecule has 0 aliphatic heterocycles. The van der Waals surface area contributed by atoms with E-state index in [1.807, 2.05) is 12.1 Å². The van der Waals surface area contributed by atoms with Crippen LogP contribution in [0.5, 0.6) is 0 Å². The number of carbonyl (C=O) groups is 1. The van der Waals surface area contributed by atoms with Crippen molar-refractivity contribution >= 4 is 40.4 Å². The van der Waals surface area contributed by atoms with E-state index in [-0.39, 0.29) is 0 Å². The van der Waals surface area contributed by atoms with E-state index in [2.05, 4.69) is 20.4 Å². The molecule has 0 radical (unpaired) electrons. The van der Waals surface area contributed by atoms with Crippen LogP contribution < -0.4 is 10.6 Å². The molecule has 0 bridgehead atoms. The minimum Gasteiger partial charge on any atom is -0.453 e. The SMILES string of the molecule is COC(=O)Nc1ccc(NCc2cnc(Cl)s2)cc1. The summed E-state index contributed by atoms with van der Waals surface area (Å²) in [7, 11) is 1.32. The molecule has 5 nitrogen and oxygen atoms in total. The molecule has 1 amide bonds. The number of anilines is 2. The lowest BCUT2D eigenvalue weighted by molar-refractivity contribution is 0.187. The normalized spacial score (nSPS) is 10.0. The van der Waals surface area contributed by atoms with Gasteiger partial charge in [-0.05, 0) is 24.3 Å². The van der Waals surface area contributed by atoms with E-state index in [0.717, 1.165) is 10.6 Å². The number of aromatic nitrogens is 1. The minimum atomic E-state index is -0.486. The van der Waals surface area contributed by atoms with E-state index in [9.17, 15) is 4.79 Å². The second-order valence-corrected chi connectivity index (χ2v) is 5.32. The van der Waals surface area contributed by atoms with Gasteiger partial charge in [0.2, 0.25) is 0 Å². The maximum Gasteiger partial charge on any atom is 0.411 e. The van der Waals surface area contributed by atoms with Crippen molar-refractivity contribution < 1.29 is 9.53 Å². The van der Waals surface area contributed by atoms with Crippen LogP contribution in [0.1, 0.15) is 4.88 Å². The fourth-order valence-corrected chi connectivity index (χ4v) is 2.31. The first-order valence-corrected chi connectivity index (χ1v) is 6.66. The Kier molecular flexibility index (Phi) is 4.59. The Balaban J connectivity index is 1.89. The molecule has 19 heavy (non-hydrogen) atoms. The summed E-state index contributed by atoms with van der Waals surface area (Å²) in [6.45, 7) is 0.661. The van der Waals surface area contributed by atoms with Crippen molar-refractivity contribution in [2.75, 3.05) is 17.7 Å². The lowest BCUT2D eigenvalue weighted by Gasteiger charge is -2.07. The molecule has 2 rings (SSSR count). The van der Waals surface area contributed by atoms with Gasteiger partial charge in [-0.3, -0.25) is 5.32 Å². The van der Waals surface area contributed by atoms with Crippen molar-refractivity contribution in [2.24, 2.45) is 0 Å². The van der Waals surface area contributed by atoms with E-state index in [1.165, 1.54) is 18.4 Å². The number of nitrogens with one attached hydrogen (secondary N) is 2. The summed E-state index contributed by atoms with van der Waals surface area (Å²) in [5.74, 6) is 0. The Labute approximate surface area is 119 Å². The van der Waals surface area contributed by atoms with E-state index in [0.29, 0.717) is 16.7 Å². The van der Waals surface area contributed by atoms with Crippen molar-refractivity contribution in [1.29, 1.82) is 0 Å². The molecule has 2 N–H and O–H groups in total. The number of hydrogen-bond donors (Lipinski definition) is 2. The predicted octanol–water partition coefficient (Wildman–Crippen LogP) is 3.59. The maximum atomic E-state index is 11.0. The van der Waals surface area contributed by atoms with Crippen molar-refractivity contribution in [3.63, 3.8) is 0 Å². The third-order valence-electron chi connectivity index (χ3n) is 2.31. The predicted molar refractivity (Wildman–Crippen MR) is 76.9 cm³/mol. The van der Waals surface area contributed by atoms with Gasteiger partial charge in [0.25, 0.3) is 0 Å². The average molecular weight is 298 g/mol. The van der Waals surface area contributed by atoms with Gasteiger partial charge in [0, 0.05) is 22.4 Å². The number of hydrogen-bond acceptors (Lipinski definition) is 5. The Morgan fingerprint density at radius 1 is 1.37 bits per heavy atom. The zero-order chi connectivity index (χ0) is 13.7. The number of methoxy groups -OCH3 is 1. The molecule has 2 aromatic rings. The van der Waals surface area contributed by atoms with Crippen molar-refractivity contribution in [1.82, 2.24) is 4.98 Å². The monoisotopic (exact) mass is 297 g/mol. The summed E-state index contributed by atoms with van der Waals surface area (Å²) in [6.07, 6.45) is 1.26. The number of nitrogens with zero attached hydrogens (tertiary/aromatic N) is 1. The van der Waals surface area contributed by atoms with Crippen molar-refractivity contribution in [2.45, 2.75) is 6.54 Å². The van der Waals surface area contributed by atoms with Crippen LogP contribution in [0.2, 0.25) is 4.47 Å². The molecule has 7 heteroatoms. The van der Waals surface area contributed by atoms with Gasteiger partial charge in [0.15, 0.2) is 4.47 Å². The van der Waals surface area contributed by atoms with Crippen LogP contribution >= 0.6 is 22.9 Å². The molecule has 0 saturated heterocycles. The molecular formula is C12H12ClN3O2S. The quantitative estimate of drug-likeness (QED) is 0.905. The first-order chi connectivity index (χ1) is 9.17. The Bertz CT molecular complexity index is 556. The molecule has 1 heterocycles. The Morgan fingerprint density at radius 2 is 2.05 bits per heavy atom. The van der Waals surface area contributed by atoms with Crippen LogP contribution in [0.4, 0.5) is 16.2 Å². The van der Waals surface area contributed by atoms with Gasteiger partial charge >= 0.3 is 6.09 Å². The second-order valence-electron chi connectivity index (χ2n) is 3.63. The molecule has 0 aliphatic carbocycles. The third-order valence-corrected chi connectivity index (χ3v) is 3.42. The van der Waals surface area contributed by atoms with Gasteiger partial charge in [-0.25, -0.2) is 9.78 Å². The molecule has 100 valence electrons.